The Bertz CT molecular complexity index is 1140. The monoisotopic (exact) mass is 462 g/mol. The fraction of sp³-hybridized carbons (Fsp3) is 0.190. The van der Waals surface area contributed by atoms with E-state index in [0.717, 1.165) is 0 Å². The van der Waals surface area contributed by atoms with Crippen molar-refractivity contribution in [3.05, 3.63) is 64.0 Å². The van der Waals surface area contributed by atoms with Gasteiger partial charge in [0.05, 0.1) is 18.7 Å². The van der Waals surface area contributed by atoms with E-state index in [2.05, 4.69) is 15.7 Å². The Hall–Kier alpha value is -2.94. The van der Waals surface area contributed by atoms with Gasteiger partial charge >= 0.3 is 0 Å². The summed E-state index contributed by atoms with van der Waals surface area (Å²) in [4.78, 5) is 25.2. The van der Waals surface area contributed by atoms with Gasteiger partial charge < -0.3 is 15.4 Å². The Morgan fingerprint density at radius 2 is 1.90 bits per heavy atom. The Balaban J connectivity index is 1.62. The SMILES string of the molecule is COCc1nn2c(c1-c1ccc(F)cc1)NC(=O)C2CC(=O)Nc1cc(Cl)cc(Cl)c1. The van der Waals surface area contributed by atoms with Crippen LogP contribution in [0.15, 0.2) is 42.5 Å². The molecule has 10 heteroatoms. The van der Waals surface area contributed by atoms with Crippen LogP contribution in [0.1, 0.15) is 18.2 Å². The van der Waals surface area contributed by atoms with Gasteiger partial charge in [-0.25, -0.2) is 9.07 Å². The predicted molar refractivity (Wildman–Crippen MR) is 116 cm³/mol. The number of benzene rings is 2. The molecule has 0 saturated carbocycles. The number of aromatic nitrogens is 2. The largest absolute Gasteiger partial charge is 0.378 e. The molecule has 0 aliphatic carbocycles. The van der Waals surface area contributed by atoms with Crippen molar-refractivity contribution >= 4 is 46.5 Å². The lowest BCUT2D eigenvalue weighted by Gasteiger charge is -2.11. The van der Waals surface area contributed by atoms with Crippen molar-refractivity contribution in [3.63, 3.8) is 0 Å². The van der Waals surface area contributed by atoms with Crippen LogP contribution in [0.5, 0.6) is 0 Å². The third-order valence-electron chi connectivity index (χ3n) is 4.76. The van der Waals surface area contributed by atoms with Crippen LogP contribution < -0.4 is 10.6 Å². The van der Waals surface area contributed by atoms with Crippen molar-refractivity contribution in [2.45, 2.75) is 19.1 Å². The molecule has 160 valence electrons. The molecule has 1 aliphatic rings. The number of halogens is 3. The summed E-state index contributed by atoms with van der Waals surface area (Å²) < 4.78 is 20.1. The maximum absolute atomic E-state index is 13.4. The summed E-state index contributed by atoms with van der Waals surface area (Å²) in [5, 5.41) is 10.7. The topological polar surface area (TPSA) is 85.2 Å². The third-order valence-corrected chi connectivity index (χ3v) is 5.20. The highest BCUT2D eigenvalue weighted by molar-refractivity contribution is 6.35. The van der Waals surface area contributed by atoms with Gasteiger partial charge in [0.25, 0.3) is 5.91 Å². The smallest absolute Gasteiger partial charge is 0.251 e. The molecule has 1 aliphatic heterocycles. The maximum atomic E-state index is 13.4. The quantitative estimate of drug-likeness (QED) is 0.557. The summed E-state index contributed by atoms with van der Waals surface area (Å²) in [5.74, 6) is -0.708. The molecule has 1 aromatic heterocycles. The van der Waals surface area contributed by atoms with Crippen LogP contribution in [-0.2, 0) is 20.9 Å². The molecule has 0 saturated heterocycles. The van der Waals surface area contributed by atoms with Gasteiger partial charge in [0.15, 0.2) is 0 Å². The molecule has 7 nitrogen and oxygen atoms in total. The number of fused-ring (bicyclic) bond motifs is 1. The first-order valence-corrected chi connectivity index (χ1v) is 10.0. The molecule has 0 radical (unpaired) electrons. The molecule has 31 heavy (non-hydrogen) atoms. The highest BCUT2D eigenvalue weighted by Gasteiger charge is 2.37. The van der Waals surface area contributed by atoms with E-state index in [1.165, 1.54) is 23.9 Å². The van der Waals surface area contributed by atoms with Crippen LogP contribution in [0.4, 0.5) is 15.9 Å². The number of rotatable bonds is 6. The fourth-order valence-electron chi connectivity index (χ4n) is 3.49. The molecule has 2 N–H and O–H groups in total. The molecular formula is C21H17Cl2FN4O3. The second-order valence-electron chi connectivity index (χ2n) is 6.97. The highest BCUT2D eigenvalue weighted by atomic mass is 35.5. The van der Waals surface area contributed by atoms with E-state index in [1.54, 1.807) is 30.3 Å². The average Bonchev–Trinajstić information content (AvgIpc) is 3.17. The van der Waals surface area contributed by atoms with E-state index in [9.17, 15) is 14.0 Å². The first-order valence-electron chi connectivity index (χ1n) is 9.28. The lowest BCUT2D eigenvalue weighted by Crippen LogP contribution is -2.24. The van der Waals surface area contributed by atoms with Gasteiger partial charge in [-0.1, -0.05) is 35.3 Å². The van der Waals surface area contributed by atoms with Crippen molar-refractivity contribution in [2.24, 2.45) is 0 Å². The summed E-state index contributed by atoms with van der Waals surface area (Å²) in [6.07, 6.45) is -0.153. The Labute approximate surface area is 187 Å². The Morgan fingerprint density at radius 1 is 1.23 bits per heavy atom. The van der Waals surface area contributed by atoms with Crippen LogP contribution in [-0.4, -0.2) is 28.7 Å². The molecule has 1 atom stereocenters. The van der Waals surface area contributed by atoms with Crippen LogP contribution in [0.2, 0.25) is 10.0 Å². The van der Waals surface area contributed by atoms with Crippen LogP contribution in [0, 0.1) is 5.82 Å². The zero-order valence-corrected chi connectivity index (χ0v) is 17.8. The molecule has 1 unspecified atom stereocenters. The van der Waals surface area contributed by atoms with Crippen LogP contribution in [0.3, 0.4) is 0 Å². The second-order valence-corrected chi connectivity index (χ2v) is 7.84. The number of nitrogens with one attached hydrogen (secondary N) is 2. The number of methoxy groups -OCH3 is 1. The van der Waals surface area contributed by atoms with Gasteiger partial charge in [-0.05, 0) is 35.9 Å². The van der Waals surface area contributed by atoms with Gasteiger partial charge in [0, 0.05) is 28.4 Å². The Morgan fingerprint density at radius 3 is 2.55 bits per heavy atom. The van der Waals surface area contributed by atoms with E-state index in [0.29, 0.717) is 38.4 Å². The van der Waals surface area contributed by atoms with E-state index in [1.807, 2.05) is 0 Å². The van der Waals surface area contributed by atoms with Gasteiger partial charge in [-0.3, -0.25) is 9.59 Å². The number of carbonyl (C=O) groups is 2. The summed E-state index contributed by atoms with van der Waals surface area (Å²) in [6.45, 7) is 0.183. The minimum absolute atomic E-state index is 0.153. The minimum atomic E-state index is -0.852. The van der Waals surface area contributed by atoms with E-state index >= 15 is 0 Å². The van der Waals surface area contributed by atoms with Gasteiger partial charge in [0.2, 0.25) is 5.91 Å². The normalized spacial score (nSPS) is 15.0. The first kappa shape index (κ1) is 21.3. The maximum Gasteiger partial charge on any atom is 0.251 e. The lowest BCUT2D eigenvalue weighted by atomic mass is 10.1. The Kier molecular flexibility index (Phi) is 5.95. The van der Waals surface area contributed by atoms with Crippen molar-refractivity contribution in [1.29, 1.82) is 0 Å². The molecule has 4 rings (SSSR count). The number of hydrogen-bond donors (Lipinski definition) is 2. The molecule has 0 bridgehead atoms. The average molecular weight is 463 g/mol. The summed E-state index contributed by atoms with van der Waals surface area (Å²) in [6, 6.07) is 9.66. The van der Waals surface area contributed by atoms with Gasteiger partial charge in [0.1, 0.15) is 17.7 Å². The van der Waals surface area contributed by atoms with Crippen molar-refractivity contribution in [1.82, 2.24) is 9.78 Å². The number of anilines is 2. The minimum Gasteiger partial charge on any atom is -0.378 e. The fourth-order valence-corrected chi connectivity index (χ4v) is 4.01. The number of amides is 2. The third kappa shape index (κ3) is 4.41. The second kappa shape index (κ2) is 8.66. The highest BCUT2D eigenvalue weighted by Crippen LogP contribution is 2.39. The zero-order chi connectivity index (χ0) is 22.1. The molecule has 0 spiro atoms. The van der Waals surface area contributed by atoms with Crippen molar-refractivity contribution < 1.29 is 18.7 Å². The van der Waals surface area contributed by atoms with Crippen LogP contribution >= 0.6 is 23.2 Å². The van der Waals surface area contributed by atoms with Crippen molar-refractivity contribution in [2.75, 3.05) is 17.7 Å². The van der Waals surface area contributed by atoms with E-state index in [-0.39, 0.29) is 24.8 Å². The number of carbonyl (C=O) groups excluding carboxylic acids is 2. The molecule has 2 aromatic carbocycles. The number of ether oxygens (including phenoxy) is 1. The molecule has 2 heterocycles. The first-order chi connectivity index (χ1) is 14.9. The van der Waals surface area contributed by atoms with Crippen molar-refractivity contribution in [3.8, 4) is 11.1 Å². The standard InChI is InChI=1S/C21H17Cl2FN4O3/c1-31-10-16-19(11-2-4-14(24)5-3-11)20-26-21(30)17(28(20)27-16)9-18(29)25-15-7-12(22)6-13(23)8-15/h2-8,17H,9-10H2,1H3,(H,25,29)(H,26,30). The number of hydrogen-bond acceptors (Lipinski definition) is 4. The van der Waals surface area contributed by atoms with Gasteiger partial charge in [-0.2, -0.15) is 5.10 Å². The van der Waals surface area contributed by atoms with E-state index in [4.69, 9.17) is 27.9 Å². The van der Waals surface area contributed by atoms with E-state index < -0.39 is 11.9 Å². The predicted octanol–water partition coefficient (Wildman–Crippen LogP) is 4.66. The molecular weight excluding hydrogens is 446 g/mol. The summed E-state index contributed by atoms with van der Waals surface area (Å²) >= 11 is 11.9. The molecule has 3 aromatic rings. The molecule has 2 amide bonds. The number of nitrogens with zero attached hydrogens (tertiary/aromatic N) is 2. The zero-order valence-electron chi connectivity index (χ0n) is 16.3. The lowest BCUT2D eigenvalue weighted by molar-refractivity contribution is -0.123. The molecule has 0 fully saturated rings. The summed E-state index contributed by atoms with van der Waals surface area (Å²) in [7, 11) is 1.53. The summed E-state index contributed by atoms with van der Waals surface area (Å²) in [5.41, 5.74) is 2.29. The van der Waals surface area contributed by atoms with Gasteiger partial charge in [-0.15, -0.1) is 0 Å². The van der Waals surface area contributed by atoms with Crippen LogP contribution in [0.25, 0.3) is 11.1 Å².